The van der Waals surface area contributed by atoms with Gasteiger partial charge in [0.25, 0.3) is 0 Å². The molecule has 0 saturated carbocycles. The molecule has 0 aliphatic carbocycles. The van der Waals surface area contributed by atoms with Crippen LogP contribution in [0.15, 0.2) is 24.5 Å². The molecule has 102 valence electrons. The summed E-state index contributed by atoms with van der Waals surface area (Å²) in [4.78, 5) is 4.55. The first kappa shape index (κ1) is 13.7. The molecular weight excluding hydrogens is 238 g/mol. The fraction of sp³-hybridized carbons (Fsp3) is 0.500. The second kappa shape index (κ2) is 6.43. The van der Waals surface area contributed by atoms with E-state index in [2.05, 4.69) is 40.5 Å². The van der Waals surface area contributed by atoms with Crippen LogP contribution in [0.5, 0.6) is 0 Å². The summed E-state index contributed by atoms with van der Waals surface area (Å²) in [6.07, 6.45) is 5.67. The lowest BCUT2D eigenvalue weighted by Crippen LogP contribution is -2.23. The van der Waals surface area contributed by atoms with Gasteiger partial charge in [-0.2, -0.15) is 0 Å². The van der Waals surface area contributed by atoms with Crippen LogP contribution in [0.3, 0.4) is 0 Å². The molecule has 5 heteroatoms. The number of aromatic nitrogens is 4. The molecule has 0 aromatic carbocycles. The average Bonchev–Trinajstić information content (AvgIpc) is 2.89. The highest BCUT2D eigenvalue weighted by atomic mass is 15.4. The largest absolute Gasteiger partial charge is 0.307 e. The Kier molecular flexibility index (Phi) is 4.63. The zero-order chi connectivity index (χ0) is 13.7. The molecule has 2 rings (SSSR count). The number of rotatable bonds is 6. The Morgan fingerprint density at radius 1 is 1.37 bits per heavy atom. The van der Waals surface area contributed by atoms with Gasteiger partial charge in [0.05, 0.1) is 23.6 Å². The molecule has 0 fully saturated rings. The van der Waals surface area contributed by atoms with Crippen LogP contribution < -0.4 is 5.32 Å². The van der Waals surface area contributed by atoms with Crippen molar-refractivity contribution in [3.8, 4) is 0 Å². The zero-order valence-electron chi connectivity index (χ0n) is 11.8. The lowest BCUT2D eigenvalue weighted by atomic mass is 10.0. The van der Waals surface area contributed by atoms with Crippen LogP contribution in [-0.2, 0) is 13.0 Å². The van der Waals surface area contributed by atoms with Crippen LogP contribution in [-0.4, -0.2) is 27.0 Å². The molecule has 1 atom stereocenters. The summed E-state index contributed by atoms with van der Waals surface area (Å²) in [5, 5.41) is 11.5. The smallest absolute Gasteiger partial charge is 0.0938 e. The van der Waals surface area contributed by atoms with Crippen LogP contribution in [0.2, 0.25) is 0 Å². The third kappa shape index (κ3) is 2.81. The average molecular weight is 259 g/mol. The molecule has 2 heterocycles. The SMILES string of the molecule is CCCn1nncc1C(NC)c1ncccc1CC. The molecular formula is C14H21N5. The first-order valence-electron chi connectivity index (χ1n) is 6.81. The molecule has 5 nitrogen and oxygen atoms in total. The third-order valence-electron chi connectivity index (χ3n) is 3.25. The minimum Gasteiger partial charge on any atom is -0.307 e. The minimum absolute atomic E-state index is 0.0395. The Balaban J connectivity index is 2.41. The van der Waals surface area contributed by atoms with Crippen molar-refractivity contribution in [1.82, 2.24) is 25.3 Å². The van der Waals surface area contributed by atoms with Gasteiger partial charge in [0.15, 0.2) is 0 Å². The van der Waals surface area contributed by atoms with Crippen molar-refractivity contribution in [1.29, 1.82) is 0 Å². The quantitative estimate of drug-likeness (QED) is 0.861. The Morgan fingerprint density at radius 2 is 2.21 bits per heavy atom. The Bertz CT molecular complexity index is 520. The van der Waals surface area contributed by atoms with Crippen LogP contribution in [0.25, 0.3) is 0 Å². The van der Waals surface area contributed by atoms with Crippen LogP contribution in [0, 0.1) is 0 Å². The molecule has 19 heavy (non-hydrogen) atoms. The van der Waals surface area contributed by atoms with Crippen molar-refractivity contribution in [2.24, 2.45) is 0 Å². The number of hydrogen-bond acceptors (Lipinski definition) is 4. The molecule has 1 unspecified atom stereocenters. The zero-order valence-corrected chi connectivity index (χ0v) is 11.8. The molecule has 0 radical (unpaired) electrons. The monoisotopic (exact) mass is 259 g/mol. The van der Waals surface area contributed by atoms with Gasteiger partial charge in [-0.05, 0) is 31.5 Å². The van der Waals surface area contributed by atoms with E-state index in [1.54, 1.807) is 0 Å². The molecule has 0 saturated heterocycles. The summed E-state index contributed by atoms with van der Waals surface area (Å²) in [6.45, 7) is 5.16. The van der Waals surface area contributed by atoms with Crippen LogP contribution in [0.4, 0.5) is 0 Å². The van der Waals surface area contributed by atoms with Crippen LogP contribution >= 0.6 is 0 Å². The van der Waals surface area contributed by atoms with Crippen molar-refractivity contribution < 1.29 is 0 Å². The van der Waals surface area contributed by atoms with Crippen molar-refractivity contribution in [3.05, 3.63) is 41.5 Å². The molecule has 2 aromatic heterocycles. The maximum absolute atomic E-state index is 4.55. The lowest BCUT2D eigenvalue weighted by Gasteiger charge is -2.19. The molecule has 0 bridgehead atoms. The molecule has 0 aliphatic rings. The van der Waals surface area contributed by atoms with E-state index in [0.717, 1.165) is 30.8 Å². The number of nitrogens with zero attached hydrogens (tertiary/aromatic N) is 4. The fourth-order valence-corrected chi connectivity index (χ4v) is 2.31. The van der Waals surface area contributed by atoms with Gasteiger partial charge in [-0.1, -0.05) is 25.1 Å². The predicted molar refractivity (Wildman–Crippen MR) is 74.8 cm³/mol. The summed E-state index contributed by atoms with van der Waals surface area (Å²) in [5.41, 5.74) is 3.39. The molecule has 1 N–H and O–H groups in total. The highest BCUT2D eigenvalue weighted by Crippen LogP contribution is 2.22. The Labute approximate surface area is 114 Å². The highest BCUT2D eigenvalue weighted by Gasteiger charge is 2.20. The molecule has 0 spiro atoms. The second-order valence-corrected chi connectivity index (χ2v) is 4.51. The fourth-order valence-electron chi connectivity index (χ4n) is 2.31. The van der Waals surface area contributed by atoms with E-state index < -0.39 is 0 Å². The molecule has 0 amide bonds. The maximum Gasteiger partial charge on any atom is 0.0938 e. The van der Waals surface area contributed by atoms with Gasteiger partial charge in [-0.3, -0.25) is 4.98 Å². The minimum atomic E-state index is 0.0395. The second-order valence-electron chi connectivity index (χ2n) is 4.51. The van der Waals surface area contributed by atoms with E-state index >= 15 is 0 Å². The molecule has 0 aliphatic heterocycles. The van der Waals surface area contributed by atoms with Crippen molar-refractivity contribution in [2.45, 2.75) is 39.3 Å². The third-order valence-corrected chi connectivity index (χ3v) is 3.25. The summed E-state index contributed by atoms with van der Waals surface area (Å²) in [7, 11) is 1.95. The Hall–Kier alpha value is -1.75. The first-order valence-corrected chi connectivity index (χ1v) is 6.81. The van der Waals surface area contributed by atoms with E-state index in [9.17, 15) is 0 Å². The summed E-state index contributed by atoms with van der Waals surface area (Å²) >= 11 is 0. The van der Waals surface area contributed by atoms with Gasteiger partial charge in [0.1, 0.15) is 0 Å². The van der Waals surface area contributed by atoms with Crippen LogP contribution in [0.1, 0.15) is 43.3 Å². The van der Waals surface area contributed by atoms with E-state index in [1.165, 1.54) is 5.56 Å². The van der Waals surface area contributed by atoms with E-state index in [0.29, 0.717) is 0 Å². The normalized spacial score (nSPS) is 12.6. The number of pyridine rings is 1. The number of nitrogens with one attached hydrogen (secondary N) is 1. The van der Waals surface area contributed by atoms with Gasteiger partial charge in [0, 0.05) is 12.7 Å². The molecule has 2 aromatic rings. The van der Waals surface area contributed by atoms with E-state index in [1.807, 2.05) is 30.2 Å². The van der Waals surface area contributed by atoms with Gasteiger partial charge < -0.3 is 5.32 Å². The van der Waals surface area contributed by atoms with Gasteiger partial charge >= 0.3 is 0 Å². The highest BCUT2D eigenvalue weighted by molar-refractivity contribution is 5.28. The lowest BCUT2D eigenvalue weighted by molar-refractivity contribution is 0.517. The van der Waals surface area contributed by atoms with E-state index in [4.69, 9.17) is 0 Å². The van der Waals surface area contributed by atoms with Crippen molar-refractivity contribution in [3.63, 3.8) is 0 Å². The van der Waals surface area contributed by atoms with Gasteiger partial charge in [0.2, 0.25) is 0 Å². The van der Waals surface area contributed by atoms with Crippen molar-refractivity contribution in [2.75, 3.05) is 7.05 Å². The summed E-state index contributed by atoms with van der Waals surface area (Å²) in [6, 6.07) is 4.15. The summed E-state index contributed by atoms with van der Waals surface area (Å²) in [5.74, 6) is 0. The topological polar surface area (TPSA) is 55.6 Å². The van der Waals surface area contributed by atoms with Gasteiger partial charge in [-0.15, -0.1) is 5.10 Å². The maximum atomic E-state index is 4.55. The standard InChI is InChI=1S/C14H21N5/c1-4-9-19-12(10-17-18-19)14(15-3)13-11(5-2)7-6-8-16-13/h6-8,10,14-15H,4-5,9H2,1-3H3. The van der Waals surface area contributed by atoms with E-state index in [-0.39, 0.29) is 6.04 Å². The predicted octanol–water partition coefficient (Wildman–Crippen LogP) is 1.95. The van der Waals surface area contributed by atoms with Crippen molar-refractivity contribution >= 4 is 0 Å². The number of aryl methyl sites for hydroxylation is 2. The Morgan fingerprint density at radius 3 is 2.89 bits per heavy atom. The van der Waals surface area contributed by atoms with Gasteiger partial charge in [-0.25, -0.2) is 4.68 Å². The summed E-state index contributed by atoms with van der Waals surface area (Å²) < 4.78 is 1.95. The number of hydrogen-bond donors (Lipinski definition) is 1. The first-order chi connectivity index (χ1) is 9.31.